The van der Waals surface area contributed by atoms with Gasteiger partial charge in [0.05, 0.1) is 7.11 Å². The molecule has 0 aromatic heterocycles. The standard InChI is InChI=1S/C22H34N4O.HI/c1-23-22(24-12-14-25(20-7-8-20)15-17-3-4-17)26-13-11-19(16-26)18-5-9-21(27-2)10-6-18;/h5-6,9-10,17,19-20H,3-4,7-8,11-16H2,1-2H3,(H,23,24);1H. The molecule has 1 heterocycles. The van der Waals surface area contributed by atoms with Crippen molar-refractivity contribution in [2.24, 2.45) is 10.9 Å². The first-order valence-electron chi connectivity index (χ1n) is 10.6. The zero-order valence-electron chi connectivity index (χ0n) is 17.3. The van der Waals surface area contributed by atoms with Crippen molar-refractivity contribution in [2.45, 2.75) is 44.1 Å². The Bertz CT molecular complexity index is 642. The first-order valence-corrected chi connectivity index (χ1v) is 10.6. The smallest absolute Gasteiger partial charge is 0.193 e. The van der Waals surface area contributed by atoms with E-state index in [1.165, 1.54) is 44.2 Å². The molecule has 1 aliphatic heterocycles. The maximum absolute atomic E-state index is 5.28. The van der Waals surface area contributed by atoms with Crippen LogP contribution >= 0.6 is 24.0 Å². The van der Waals surface area contributed by atoms with E-state index in [1.807, 2.05) is 7.05 Å². The topological polar surface area (TPSA) is 40.1 Å². The van der Waals surface area contributed by atoms with Gasteiger partial charge in [0, 0.05) is 51.7 Å². The van der Waals surface area contributed by atoms with Gasteiger partial charge in [-0.25, -0.2) is 0 Å². The molecule has 2 saturated carbocycles. The second-order valence-electron chi connectivity index (χ2n) is 8.35. The Hall–Kier alpha value is -1.02. The summed E-state index contributed by atoms with van der Waals surface area (Å²) < 4.78 is 5.28. The third-order valence-corrected chi connectivity index (χ3v) is 6.22. The lowest BCUT2D eigenvalue weighted by molar-refractivity contribution is 0.255. The number of aliphatic imine (C=N–C) groups is 1. The fourth-order valence-corrected chi connectivity index (χ4v) is 4.24. The molecular formula is C22H35IN4O. The molecule has 2 aliphatic carbocycles. The van der Waals surface area contributed by atoms with Crippen LogP contribution in [-0.2, 0) is 0 Å². The molecule has 0 amide bonds. The van der Waals surface area contributed by atoms with Crippen LogP contribution in [0.4, 0.5) is 0 Å². The summed E-state index contributed by atoms with van der Waals surface area (Å²) in [5.41, 5.74) is 1.40. The molecule has 1 saturated heterocycles. The van der Waals surface area contributed by atoms with E-state index >= 15 is 0 Å². The molecular weight excluding hydrogens is 463 g/mol. The van der Waals surface area contributed by atoms with E-state index in [0.717, 1.165) is 49.8 Å². The molecule has 6 heteroatoms. The van der Waals surface area contributed by atoms with Crippen molar-refractivity contribution in [3.63, 3.8) is 0 Å². The molecule has 4 rings (SSSR count). The predicted octanol–water partition coefficient (Wildman–Crippen LogP) is 3.55. The summed E-state index contributed by atoms with van der Waals surface area (Å²) in [7, 11) is 3.63. The number of ether oxygens (including phenoxy) is 1. The van der Waals surface area contributed by atoms with E-state index in [4.69, 9.17) is 4.74 Å². The number of methoxy groups -OCH3 is 1. The molecule has 156 valence electrons. The Morgan fingerprint density at radius 1 is 1.18 bits per heavy atom. The van der Waals surface area contributed by atoms with Crippen molar-refractivity contribution in [2.75, 3.05) is 46.9 Å². The van der Waals surface area contributed by atoms with E-state index in [2.05, 4.69) is 44.4 Å². The fraction of sp³-hybridized carbons (Fsp3) is 0.682. The van der Waals surface area contributed by atoms with Gasteiger partial charge in [0.15, 0.2) is 5.96 Å². The first-order chi connectivity index (χ1) is 13.3. The van der Waals surface area contributed by atoms with Crippen LogP contribution in [0.2, 0.25) is 0 Å². The highest BCUT2D eigenvalue weighted by Gasteiger charge is 2.33. The number of benzene rings is 1. The number of halogens is 1. The summed E-state index contributed by atoms with van der Waals surface area (Å²) in [6, 6.07) is 9.40. The van der Waals surface area contributed by atoms with Gasteiger partial charge in [-0.3, -0.25) is 9.89 Å². The van der Waals surface area contributed by atoms with Gasteiger partial charge in [0.25, 0.3) is 0 Å². The van der Waals surface area contributed by atoms with E-state index in [0.29, 0.717) is 5.92 Å². The van der Waals surface area contributed by atoms with Crippen molar-refractivity contribution < 1.29 is 4.74 Å². The van der Waals surface area contributed by atoms with Gasteiger partial charge in [0.2, 0.25) is 0 Å². The van der Waals surface area contributed by atoms with Crippen LogP contribution in [0, 0.1) is 5.92 Å². The SMILES string of the molecule is CN=C(NCCN(CC1CC1)C1CC1)N1CCC(c2ccc(OC)cc2)C1.I. The minimum atomic E-state index is 0. The summed E-state index contributed by atoms with van der Waals surface area (Å²) >= 11 is 0. The Balaban J connectivity index is 0.00000225. The van der Waals surface area contributed by atoms with Gasteiger partial charge in [-0.05, 0) is 55.7 Å². The van der Waals surface area contributed by atoms with Crippen LogP contribution in [0.5, 0.6) is 5.75 Å². The van der Waals surface area contributed by atoms with E-state index in [1.54, 1.807) is 7.11 Å². The van der Waals surface area contributed by atoms with Gasteiger partial charge >= 0.3 is 0 Å². The molecule has 1 unspecified atom stereocenters. The quantitative estimate of drug-likeness (QED) is 0.338. The molecule has 28 heavy (non-hydrogen) atoms. The number of rotatable bonds is 8. The molecule has 0 radical (unpaired) electrons. The van der Waals surface area contributed by atoms with Gasteiger partial charge < -0.3 is 15.0 Å². The molecule has 1 N–H and O–H groups in total. The van der Waals surface area contributed by atoms with Crippen LogP contribution in [-0.4, -0.2) is 68.7 Å². The van der Waals surface area contributed by atoms with E-state index in [9.17, 15) is 0 Å². The Morgan fingerprint density at radius 3 is 2.54 bits per heavy atom. The third kappa shape index (κ3) is 5.75. The Morgan fingerprint density at radius 2 is 1.93 bits per heavy atom. The highest BCUT2D eigenvalue weighted by Crippen LogP contribution is 2.34. The third-order valence-electron chi connectivity index (χ3n) is 6.22. The number of nitrogens with zero attached hydrogens (tertiary/aromatic N) is 3. The highest BCUT2D eigenvalue weighted by molar-refractivity contribution is 14.0. The van der Waals surface area contributed by atoms with Crippen molar-refractivity contribution in [1.82, 2.24) is 15.1 Å². The predicted molar refractivity (Wildman–Crippen MR) is 126 cm³/mol. The van der Waals surface area contributed by atoms with Crippen molar-refractivity contribution in [3.8, 4) is 5.75 Å². The van der Waals surface area contributed by atoms with E-state index < -0.39 is 0 Å². The summed E-state index contributed by atoms with van der Waals surface area (Å²) in [5, 5.41) is 3.62. The monoisotopic (exact) mass is 498 g/mol. The molecule has 1 aromatic carbocycles. The van der Waals surface area contributed by atoms with Gasteiger partial charge in [-0.2, -0.15) is 0 Å². The minimum absolute atomic E-state index is 0. The molecule has 3 fully saturated rings. The molecule has 0 bridgehead atoms. The number of hydrogen-bond acceptors (Lipinski definition) is 3. The van der Waals surface area contributed by atoms with Crippen LogP contribution in [0.1, 0.15) is 43.6 Å². The van der Waals surface area contributed by atoms with Gasteiger partial charge in [-0.15, -0.1) is 24.0 Å². The molecule has 3 aliphatic rings. The maximum Gasteiger partial charge on any atom is 0.193 e. The Kier molecular flexibility index (Phi) is 7.85. The highest BCUT2D eigenvalue weighted by atomic mass is 127. The minimum Gasteiger partial charge on any atom is -0.497 e. The average Bonchev–Trinajstić information content (AvgIpc) is 3.63. The summed E-state index contributed by atoms with van der Waals surface area (Å²) in [5.74, 6) is 3.55. The molecule has 0 spiro atoms. The summed E-state index contributed by atoms with van der Waals surface area (Å²) in [4.78, 5) is 9.67. The van der Waals surface area contributed by atoms with Crippen molar-refractivity contribution in [1.29, 1.82) is 0 Å². The first kappa shape index (κ1) is 21.7. The lowest BCUT2D eigenvalue weighted by Crippen LogP contribution is -2.44. The largest absolute Gasteiger partial charge is 0.497 e. The molecule has 1 atom stereocenters. The fourth-order valence-electron chi connectivity index (χ4n) is 4.24. The van der Waals surface area contributed by atoms with Gasteiger partial charge in [0.1, 0.15) is 5.75 Å². The second kappa shape index (κ2) is 10.1. The zero-order chi connectivity index (χ0) is 18.6. The molecule has 1 aromatic rings. The zero-order valence-corrected chi connectivity index (χ0v) is 19.6. The van der Waals surface area contributed by atoms with Gasteiger partial charge in [-0.1, -0.05) is 12.1 Å². The molecule has 5 nitrogen and oxygen atoms in total. The van der Waals surface area contributed by atoms with Crippen molar-refractivity contribution in [3.05, 3.63) is 29.8 Å². The number of likely N-dealkylation sites (tertiary alicyclic amines) is 1. The summed E-state index contributed by atoms with van der Waals surface area (Å²) in [6.45, 7) is 5.58. The van der Waals surface area contributed by atoms with Crippen LogP contribution < -0.4 is 10.1 Å². The van der Waals surface area contributed by atoms with Crippen LogP contribution in [0.3, 0.4) is 0 Å². The lowest BCUT2D eigenvalue weighted by atomic mass is 9.98. The number of nitrogens with one attached hydrogen (secondary N) is 1. The lowest BCUT2D eigenvalue weighted by Gasteiger charge is -2.25. The van der Waals surface area contributed by atoms with E-state index in [-0.39, 0.29) is 24.0 Å². The van der Waals surface area contributed by atoms with Crippen LogP contribution in [0.15, 0.2) is 29.3 Å². The average molecular weight is 498 g/mol. The maximum atomic E-state index is 5.28. The second-order valence-corrected chi connectivity index (χ2v) is 8.35. The summed E-state index contributed by atoms with van der Waals surface area (Å²) in [6.07, 6.45) is 6.87. The Labute approximate surface area is 186 Å². The van der Waals surface area contributed by atoms with Crippen LogP contribution in [0.25, 0.3) is 0 Å². The number of hydrogen-bond donors (Lipinski definition) is 1. The van der Waals surface area contributed by atoms with Crippen molar-refractivity contribution >= 4 is 29.9 Å². The number of guanidine groups is 1. The normalized spacial score (nSPS) is 22.3.